The number of nitrogens with one attached hydrogen (secondary N) is 2. The van der Waals surface area contributed by atoms with Gasteiger partial charge in [0.2, 0.25) is 5.91 Å². The second-order valence-corrected chi connectivity index (χ2v) is 9.97. The number of nitrogen functional groups attached to an aromatic ring is 1. The van der Waals surface area contributed by atoms with E-state index in [4.69, 9.17) is 10.5 Å². The molecule has 38 heavy (non-hydrogen) atoms. The number of hydrogen-bond donors (Lipinski definition) is 3. The SMILES string of the molecule is COc1ccc(CC(NC(=O)c2cnc(C)nc2N)C(=O)NC(Cc2ccccc2)C(=O)C2(C)CC2)cc1. The normalized spacial score (nSPS) is 15.1. The van der Waals surface area contributed by atoms with Gasteiger partial charge in [0.15, 0.2) is 5.78 Å². The number of aromatic nitrogens is 2. The maximum Gasteiger partial charge on any atom is 0.257 e. The summed E-state index contributed by atoms with van der Waals surface area (Å²) in [6, 6.07) is 15.1. The highest BCUT2D eigenvalue weighted by molar-refractivity contribution is 6.01. The van der Waals surface area contributed by atoms with Crippen LogP contribution < -0.4 is 21.1 Å². The third-order valence-corrected chi connectivity index (χ3v) is 6.91. The minimum absolute atomic E-state index is 0.000376. The minimum atomic E-state index is -0.977. The zero-order chi connectivity index (χ0) is 27.3. The van der Waals surface area contributed by atoms with Crippen molar-refractivity contribution in [2.45, 2.75) is 51.6 Å². The second-order valence-electron chi connectivity index (χ2n) is 9.97. The van der Waals surface area contributed by atoms with Crippen LogP contribution in [0.2, 0.25) is 0 Å². The molecule has 2 amide bonds. The molecule has 1 fully saturated rings. The lowest BCUT2D eigenvalue weighted by Crippen LogP contribution is -2.54. The van der Waals surface area contributed by atoms with Crippen LogP contribution in [-0.4, -0.2) is 46.8 Å². The summed E-state index contributed by atoms with van der Waals surface area (Å²) in [5, 5.41) is 5.72. The molecule has 1 aliphatic carbocycles. The Bertz CT molecular complexity index is 1310. The van der Waals surface area contributed by atoms with E-state index in [1.54, 1.807) is 26.2 Å². The highest BCUT2D eigenvalue weighted by Gasteiger charge is 2.48. The highest BCUT2D eigenvalue weighted by atomic mass is 16.5. The highest BCUT2D eigenvalue weighted by Crippen LogP contribution is 2.46. The standard InChI is InChI=1S/C29H33N5O4/c1-18-31-17-22(26(30)32-18)27(36)34-24(16-20-9-11-21(38-3)12-10-20)28(37)33-23(25(35)29(2)13-14-29)15-19-7-5-4-6-8-19/h4-12,17,23-24H,13-16H2,1-3H3,(H,33,37)(H,34,36)(H2,30,31,32). The van der Waals surface area contributed by atoms with Crippen LogP contribution in [0.15, 0.2) is 60.8 Å². The van der Waals surface area contributed by atoms with Gasteiger partial charge in [0, 0.05) is 18.0 Å². The van der Waals surface area contributed by atoms with E-state index in [2.05, 4.69) is 20.6 Å². The topological polar surface area (TPSA) is 136 Å². The molecule has 1 heterocycles. The maximum atomic E-state index is 13.7. The van der Waals surface area contributed by atoms with Gasteiger partial charge in [0.1, 0.15) is 23.4 Å². The van der Waals surface area contributed by atoms with E-state index < -0.39 is 29.3 Å². The molecule has 0 bridgehead atoms. The van der Waals surface area contributed by atoms with E-state index in [1.807, 2.05) is 49.4 Å². The lowest BCUT2D eigenvalue weighted by atomic mass is 9.92. The van der Waals surface area contributed by atoms with E-state index in [9.17, 15) is 14.4 Å². The summed E-state index contributed by atoms with van der Waals surface area (Å²) in [4.78, 5) is 48.3. The molecule has 0 radical (unpaired) electrons. The Hall–Kier alpha value is -4.27. The van der Waals surface area contributed by atoms with Gasteiger partial charge < -0.3 is 21.1 Å². The van der Waals surface area contributed by atoms with Crippen LogP contribution in [0.5, 0.6) is 5.75 Å². The molecule has 1 saturated carbocycles. The van der Waals surface area contributed by atoms with E-state index in [0.717, 1.165) is 24.0 Å². The summed E-state index contributed by atoms with van der Waals surface area (Å²) >= 11 is 0. The third-order valence-electron chi connectivity index (χ3n) is 6.91. The predicted molar refractivity (Wildman–Crippen MR) is 144 cm³/mol. The number of nitrogens with zero attached hydrogens (tertiary/aromatic N) is 2. The number of Topliss-reactive ketones (excluding diaryl/α,β-unsaturated/α-hetero) is 1. The first kappa shape index (κ1) is 26.8. The number of benzene rings is 2. The molecule has 3 aromatic rings. The molecular weight excluding hydrogens is 482 g/mol. The molecule has 4 N–H and O–H groups in total. The lowest BCUT2D eigenvalue weighted by Gasteiger charge is -2.25. The molecule has 4 rings (SSSR count). The van der Waals surface area contributed by atoms with Gasteiger partial charge >= 0.3 is 0 Å². The van der Waals surface area contributed by atoms with Crippen molar-refractivity contribution in [1.82, 2.24) is 20.6 Å². The van der Waals surface area contributed by atoms with Crippen LogP contribution in [0.4, 0.5) is 5.82 Å². The first-order valence-electron chi connectivity index (χ1n) is 12.6. The Morgan fingerprint density at radius 1 is 0.974 bits per heavy atom. The Morgan fingerprint density at radius 3 is 2.21 bits per heavy atom. The number of ketones is 1. The van der Waals surface area contributed by atoms with Crippen molar-refractivity contribution in [3.05, 3.63) is 83.3 Å². The quantitative estimate of drug-likeness (QED) is 0.357. The number of anilines is 1. The first-order valence-corrected chi connectivity index (χ1v) is 12.6. The molecule has 2 atom stereocenters. The predicted octanol–water partition coefficient (Wildman–Crippen LogP) is 2.81. The zero-order valence-corrected chi connectivity index (χ0v) is 21.9. The van der Waals surface area contributed by atoms with Crippen LogP contribution in [0.3, 0.4) is 0 Å². The molecule has 0 saturated heterocycles. The smallest absolute Gasteiger partial charge is 0.257 e. The van der Waals surface area contributed by atoms with Crippen molar-refractivity contribution >= 4 is 23.4 Å². The van der Waals surface area contributed by atoms with E-state index in [1.165, 1.54) is 6.20 Å². The van der Waals surface area contributed by atoms with Crippen LogP contribution >= 0.6 is 0 Å². The lowest BCUT2D eigenvalue weighted by molar-refractivity contribution is -0.131. The van der Waals surface area contributed by atoms with Crippen LogP contribution in [-0.2, 0) is 22.4 Å². The van der Waals surface area contributed by atoms with Gasteiger partial charge in [0.25, 0.3) is 5.91 Å². The third kappa shape index (κ3) is 6.53. The number of methoxy groups -OCH3 is 1. The van der Waals surface area contributed by atoms with E-state index in [0.29, 0.717) is 18.0 Å². The van der Waals surface area contributed by atoms with Gasteiger partial charge in [-0.15, -0.1) is 0 Å². The molecule has 198 valence electrons. The molecule has 0 aliphatic heterocycles. The van der Waals surface area contributed by atoms with Crippen molar-refractivity contribution in [1.29, 1.82) is 0 Å². The number of nitrogens with two attached hydrogens (primary N) is 1. The molecule has 0 spiro atoms. The zero-order valence-electron chi connectivity index (χ0n) is 21.9. The maximum absolute atomic E-state index is 13.7. The largest absolute Gasteiger partial charge is 0.497 e. The van der Waals surface area contributed by atoms with Crippen molar-refractivity contribution in [3.63, 3.8) is 0 Å². The molecule has 9 nitrogen and oxygen atoms in total. The average molecular weight is 516 g/mol. The number of amides is 2. The van der Waals surface area contributed by atoms with Crippen LogP contribution in [0, 0.1) is 12.3 Å². The molecular formula is C29H33N5O4. The Kier molecular flexibility index (Phi) is 8.05. The summed E-state index contributed by atoms with van der Waals surface area (Å²) < 4.78 is 5.23. The average Bonchev–Trinajstić information content (AvgIpc) is 3.66. The van der Waals surface area contributed by atoms with Crippen LogP contribution in [0.25, 0.3) is 0 Å². The van der Waals surface area contributed by atoms with Crippen LogP contribution in [0.1, 0.15) is 47.1 Å². The van der Waals surface area contributed by atoms with Gasteiger partial charge in [-0.3, -0.25) is 14.4 Å². The van der Waals surface area contributed by atoms with Gasteiger partial charge in [-0.25, -0.2) is 9.97 Å². The summed E-state index contributed by atoms with van der Waals surface area (Å²) in [5.41, 5.74) is 7.33. The molecule has 9 heteroatoms. The minimum Gasteiger partial charge on any atom is -0.497 e. The molecule has 1 aliphatic rings. The molecule has 2 aromatic carbocycles. The van der Waals surface area contributed by atoms with Crippen molar-refractivity contribution in [2.75, 3.05) is 12.8 Å². The number of carbonyl (C=O) groups is 3. The second kappa shape index (κ2) is 11.4. The number of rotatable bonds is 11. The molecule has 1 aromatic heterocycles. The fraction of sp³-hybridized carbons (Fsp3) is 0.345. The number of aryl methyl sites for hydroxylation is 1. The summed E-state index contributed by atoms with van der Waals surface area (Å²) in [6.45, 7) is 3.60. The monoisotopic (exact) mass is 515 g/mol. The van der Waals surface area contributed by atoms with E-state index in [-0.39, 0.29) is 23.6 Å². The van der Waals surface area contributed by atoms with Crippen molar-refractivity contribution < 1.29 is 19.1 Å². The first-order chi connectivity index (χ1) is 18.2. The summed E-state index contributed by atoms with van der Waals surface area (Å²) in [7, 11) is 1.57. The fourth-order valence-electron chi connectivity index (χ4n) is 4.29. The number of hydrogen-bond acceptors (Lipinski definition) is 7. The van der Waals surface area contributed by atoms with Crippen molar-refractivity contribution in [2.24, 2.45) is 5.41 Å². The Balaban J connectivity index is 1.58. The van der Waals surface area contributed by atoms with E-state index >= 15 is 0 Å². The molecule has 2 unspecified atom stereocenters. The van der Waals surface area contributed by atoms with Gasteiger partial charge in [-0.1, -0.05) is 49.4 Å². The Labute approximate surface area is 222 Å². The number of ether oxygens (including phenoxy) is 1. The fourth-order valence-corrected chi connectivity index (χ4v) is 4.29. The van der Waals surface area contributed by atoms with Crippen molar-refractivity contribution in [3.8, 4) is 5.75 Å². The summed E-state index contributed by atoms with van der Waals surface area (Å²) in [5.74, 6) is 0.102. The van der Waals surface area contributed by atoms with Gasteiger partial charge in [0.05, 0.1) is 18.7 Å². The van der Waals surface area contributed by atoms with Gasteiger partial charge in [-0.05, 0) is 49.4 Å². The summed E-state index contributed by atoms with van der Waals surface area (Å²) in [6.07, 6.45) is 3.49. The Morgan fingerprint density at radius 2 is 1.61 bits per heavy atom. The number of carbonyl (C=O) groups excluding carboxylic acids is 3. The van der Waals surface area contributed by atoms with Gasteiger partial charge in [-0.2, -0.15) is 0 Å².